The van der Waals surface area contributed by atoms with Crippen LogP contribution < -0.4 is 0 Å². The fourth-order valence-electron chi connectivity index (χ4n) is 3.95. The van der Waals surface area contributed by atoms with Gasteiger partial charge >= 0.3 is 17.9 Å². The molecule has 222 valence electrons. The zero-order valence-corrected chi connectivity index (χ0v) is 24.2. The van der Waals surface area contributed by atoms with Crippen molar-refractivity contribution in [3.63, 3.8) is 0 Å². The van der Waals surface area contributed by atoms with Crippen molar-refractivity contribution in [3.8, 4) is 0 Å². The van der Waals surface area contributed by atoms with Gasteiger partial charge in [-0.25, -0.2) is 14.4 Å². The van der Waals surface area contributed by atoms with Crippen LogP contribution in [0.3, 0.4) is 0 Å². The first-order valence-corrected chi connectivity index (χ1v) is 12.6. The van der Waals surface area contributed by atoms with E-state index in [2.05, 4.69) is 19.7 Å². The minimum absolute atomic E-state index is 0.0257. The van der Waals surface area contributed by atoms with Crippen LogP contribution in [0.1, 0.15) is 40.5 Å². The highest BCUT2D eigenvalue weighted by Gasteiger charge is 2.45. The Morgan fingerprint density at radius 3 is 1.72 bits per heavy atom. The first-order chi connectivity index (χ1) is 18.3. The predicted molar refractivity (Wildman–Crippen MR) is 142 cm³/mol. The van der Waals surface area contributed by atoms with Crippen LogP contribution in [0.5, 0.6) is 0 Å². The molecule has 0 aromatic heterocycles. The van der Waals surface area contributed by atoms with E-state index in [4.69, 9.17) is 37.9 Å². The van der Waals surface area contributed by atoms with E-state index in [0.29, 0.717) is 29.7 Å². The maximum atomic E-state index is 11.5. The summed E-state index contributed by atoms with van der Waals surface area (Å²) >= 11 is 0. The molecule has 0 radical (unpaired) electrons. The lowest BCUT2D eigenvalue weighted by molar-refractivity contribution is -0.178. The fraction of sp³-hybridized carbons (Fsp3) is 0.679. The highest BCUT2D eigenvalue weighted by atomic mass is 16.6. The van der Waals surface area contributed by atoms with Gasteiger partial charge in [-0.1, -0.05) is 19.7 Å². The van der Waals surface area contributed by atoms with Crippen LogP contribution in [0.4, 0.5) is 0 Å². The molecule has 0 bridgehead atoms. The number of carbonyl (C=O) groups is 3. The van der Waals surface area contributed by atoms with Gasteiger partial charge in [-0.15, -0.1) is 0 Å². The average Bonchev–Trinajstić information content (AvgIpc) is 3.24. The number of ether oxygens (including phenoxy) is 8. The summed E-state index contributed by atoms with van der Waals surface area (Å²) in [6, 6.07) is 0. The second-order valence-corrected chi connectivity index (χ2v) is 9.87. The molecule has 0 saturated carbocycles. The average molecular weight is 557 g/mol. The molecule has 6 atom stereocenters. The molecule has 0 aromatic carbocycles. The SMILES string of the molecule is C=C(C)C(=O)OCC1OCCC(OC)[C@@H]1OC.C=C(C)C(=O)OC[C@H]1OC(C)(COC(=O)C(=C)C)CC1OC. The van der Waals surface area contributed by atoms with E-state index in [1.807, 2.05) is 6.92 Å². The summed E-state index contributed by atoms with van der Waals surface area (Å²) in [5.74, 6) is -1.35. The normalized spacial score (nSPS) is 27.9. The number of hydrogen-bond acceptors (Lipinski definition) is 11. The Bertz CT molecular complexity index is 883. The van der Waals surface area contributed by atoms with E-state index < -0.39 is 29.6 Å². The van der Waals surface area contributed by atoms with Crippen molar-refractivity contribution in [2.75, 3.05) is 47.8 Å². The first kappa shape index (κ1) is 34.5. The predicted octanol–water partition coefficient (Wildman–Crippen LogP) is 2.71. The minimum Gasteiger partial charge on any atom is -0.459 e. The Balaban J connectivity index is 0.000000403. The molecule has 11 nitrogen and oxygen atoms in total. The van der Waals surface area contributed by atoms with Gasteiger partial charge in [0, 0.05) is 51.1 Å². The van der Waals surface area contributed by atoms with E-state index in [-0.39, 0.29) is 44.2 Å². The molecule has 2 aliphatic rings. The quantitative estimate of drug-likeness (QED) is 0.200. The van der Waals surface area contributed by atoms with Gasteiger partial charge in [0.15, 0.2) is 0 Å². The van der Waals surface area contributed by atoms with Gasteiger partial charge in [0.25, 0.3) is 0 Å². The lowest BCUT2D eigenvalue weighted by atomic mass is 10.0. The zero-order valence-electron chi connectivity index (χ0n) is 24.2. The highest BCUT2D eigenvalue weighted by molar-refractivity contribution is 5.87. The molecule has 39 heavy (non-hydrogen) atoms. The van der Waals surface area contributed by atoms with Gasteiger partial charge in [0.1, 0.15) is 43.7 Å². The number of rotatable bonds is 12. The molecule has 0 spiro atoms. The molecule has 2 aliphatic heterocycles. The molecule has 2 heterocycles. The van der Waals surface area contributed by atoms with E-state index in [0.717, 1.165) is 6.42 Å². The van der Waals surface area contributed by atoms with Gasteiger partial charge in [-0.3, -0.25) is 0 Å². The van der Waals surface area contributed by atoms with Crippen molar-refractivity contribution in [2.45, 2.75) is 76.7 Å². The second-order valence-electron chi connectivity index (χ2n) is 9.87. The molecule has 2 fully saturated rings. The van der Waals surface area contributed by atoms with Crippen LogP contribution in [-0.4, -0.2) is 102 Å². The van der Waals surface area contributed by atoms with Crippen LogP contribution in [0.25, 0.3) is 0 Å². The van der Waals surface area contributed by atoms with Crippen LogP contribution >= 0.6 is 0 Å². The van der Waals surface area contributed by atoms with Gasteiger partial charge in [-0.2, -0.15) is 0 Å². The Morgan fingerprint density at radius 2 is 1.26 bits per heavy atom. The summed E-state index contributed by atoms with van der Waals surface area (Å²) in [6.45, 7) is 18.0. The third-order valence-electron chi connectivity index (χ3n) is 6.14. The summed E-state index contributed by atoms with van der Waals surface area (Å²) < 4.78 is 42.8. The van der Waals surface area contributed by atoms with Gasteiger partial charge < -0.3 is 37.9 Å². The largest absolute Gasteiger partial charge is 0.459 e. The summed E-state index contributed by atoms with van der Waals surface area (Å²) in [7, 11) is 4.80. The molecule has 0 aliphatic carbocycles. The van der Waals surface area contributed by atoms with Crippen molar-refractivity contribution in [2.24, 2.45) is 0 Å². The fourth-order valence-corrected chi connectivity index (χ4v) is 3.95. The summed E-state index contributed by atoms with van der Waals surface area (Å²) in [6.07, 6.45) is 0.117. The van der Waals surface area contributed by atoms with Crippen LogP contribution in [0, 0.1) is 0 Å². The molecule has 4 unspecified atom stereocenters. The molecule has 0 amide bonds. The van der Waals surface area contributed by atoms with Crippen molar-refractivity contribution in [3.05, 3.63) is 36.5 Å². The standard InChI is InChI=1S/C16H24O6.C12H20O5/c1-10(2)14(17)20-8-13-12(19-6)7-16(5,22-13)9-21-15(18)11(3)4;1-8(2)12(13)17-7-10-11(15-4)9(14-3)5-6-16-10/h12-13H,1,3,7-9H2,2,4-6H3;9-11H,1,5-7H2,2-4H3/t12?,13-,16?;9?,10?,11-/m10/s1. The third kappa shape index (κ3) is 11.2. The lowest BCUT2D eigenvalue weighted by Crippen LogP contribution is -2.49. The number of carbonyl (C=O) groups excluding carboxylic acids is 3. The van der Waals surface area contributed by atoms with Crippen molar-refractivity contribution in [1.29, 1.82) is 0 Å². The Labute approximate surface area is 231 Å². The summed E-state index contributed by atoms with van der Waals surface area (Å²) in [5.41, 5.74) is 0.339. The van der Waals surface area contributed by atoms with Crippen LogP contribution in [-0.2, 0) is 52.3 Å². The smallest absolute Gasteiger partial charge is 0.333 e. The summed E-state index contributed by atoms with van der Waals surface area (Å²) in [5, 5.41) is 0. The molecule has 0 N–H and O–H groups in total. The van der Waals surface area contributed by atoms with Crippen LogP contribution in [0.15, 0.2) is 36.5 Å². The highest BCUT2D eigenvalue weighted by Crippen LogP contribution is 2.33. The number of hydrogen-bond donors (Lipinski definition) is 0. The van der Waals surface area contributed by atoms with E-state index in [1.54, 1.807) is 42.1 Å². The van der Waals surface area contributed by atoms with Crippen molar-refractivity contribution < 1.29 is 52.3 Å². The van der Waals surface area contributed by atoms with E-state index >= 15 is 0 Å². The van der Waals surface area contributed by atoms with Gasteiger partial charge in [0.2, 0.25) is 0 Å². The van der Waals surface area contributed by atoms with Gasteiger partial charge in [-0.05, 0) is 34.1 Å². The molecular weight excluding hydrogens is 512 g/mol. The molecule has 2 saturated heterocycles. The molecule has 2 rings (SSSR count). The Kier molecular flexibility index (Phi) is 14.6. The minimum atomic E-state index is -0.688. The summed E-state index contributed by atoms with van der Waals surface area (Å²) in [4.78, 5) is 34.2. The van der Waals surface area contributed by atoms with E-state index in [9.17, 15) is 14.4 Å². The maximum absolute atomic E-state index is 11.5. The third-order valence-corrected chi connectivity index (χ3v) is 6.14. The Morgan fingerprint density at radius 1 is 0.769 bits per heavy atom. The number of methoxy groups -OCH3 is 3. The number of esters is 3. The maximum Gasteiger partial charge on any atom is 0.333 e. The molecule has 11 heteroatoms. The van der Waals surface area contributed by atoms with Gasteiger partial charge in [0.05, 0.1) is 12.2 Å². The van der Waals surface area contributed by atoms with Crippen molar-refractivity contribution in [1.82, 2.24) is 0 Å². The van der Waals surface area contributed by atoms with E-state index in [1.165, 1.54) is 0 Å². The second kappa shape index (κ2) is 16.5. The monoisotopic (exact) mass is 556 g/mol. The lowest BCUT2D eigenvalue weighted by Gasteiger charge is -2.35. The molecular formula is C28H44O11. The Hall–Kier alpha value is -2.57. The molecule has 0 aromatic rings. The first-order valence-electron chi connectivity index (χ1n) is 12.6. The van der Waals surface area contributed by atoms with Crippen LogP contribution in [0.2, 0.25) is 0 Å². The van der Waals surface area contributed by atoms with Crippen molar-refractivity contribution >= 4 is 17.9 Å². The zero-order chi connectivity index (χ0) is 29.8. The topological polar surface area (TPSA) is 125 Å².